The molecule has 0 unspecified atom stereocenters. The summed E-state index contributed by atoms with van der Waals surface area (Å²) >= 11 is 0. The Hall–Kier alpha value is -0.940. The number of ether oxygens (including phenoxy) is 5. The fourth-order valence-corrected chi connectivity index (χ4v) is 2.43. The van der Waals surface area contributed by atoms with Gasteiger partial charge in [0.1, 0.15) is 24.9 Å². The zero-order valence-corrected chi connectivity index (χ0v) is 12.4. The van der Waals surface area contributed by atoms with Crippen LogP contribution in [-0.2, 0) is 38.0 Å². The van der Waals surface area contributed by atoms with E-state index in [1.165, 1.54) is 14.2 Å². The summed E-state index contributed by atoms with van der Waals surface area (Å²) in [5.41, 5.74) is 0. The van der Waals surface area contributed by atoms with Gasteiger partial charge in [-0.2, -0.15) is 8.42 Å². The third-order valence-corrected chi connectivity index (χ3v) is 3.16. The van der Waals surface area contributed by atoms with Crippen LogP contribution in [0.2, 0.25) is 0 Å². The van der Waals surface area contributed by atoms with Crippen LogP contribution < -0.4 is 0 Å². The minimum absolute atomic E-state index is 0.257. The Labute approximate surface area is 117 Å². The molecule has 1 aliphatic heterocycles. The zero-order valence-electron chi connectivity index (χ0n) is 11.6. The topological polar surface area (TPSA) is 107 Å². The van der Waals surface area contributed by atoms with Crippen molar-refractivity contribution in [2.45, 2.75) is 24.6 Å². The lowest BCUT2D eigenvalue weighted by Gasteiger charge is -2.21. The summed E-state index contributed by atoms with van der Waals surface area (Å²) in [4.78, 5) is 10.9. The van der Waals surface area contributed by atoms with Gasteiger partial charge in [0, 0.05) is 14.2 Å². The molecule has 0 N–H and O–H groups in total. The van der Waals surface area contributed by atoms with E-state index in [1.807, 2.05) is 0 Å². The van der Waals surface area contributed by atoms with E-state index < -0.39 is 40.9 Å². The molecule has 0 radical (unpaired) electrons. The minimum Gasteiger partial charge on any atom is -0.438 e. The van der Waals surface area contributed by atoms with Crippen molar-refractivity contribution in [3.05, 3.63) is 0 Å². The van der Waals surface area contributed by atoms with Crippen LogP contribution in [0.15, 0.2) is 0 Å². The Bertz CT molecular complexity index is 420. The van der Waals surface area contributed by atoms with Gasteiger partial charge in [0.25, 0.3) is 10.1 Å². The Morgan fingerprint density at radius 3 is 2.25 bits per heavy atom. The fourth-order valence-electron chi connectivity index (χ4n) is 1.79. The largest absolute Gasteiger partial charge is 0.508 e. The molecule has 1 rings (SSSR count). The first-order valence-corrected chi connectivity index (χ1v) is 7.44. The second-order valence-electron chi connectivity index (χ2n) is 4.01. The van der Waals surface area contributed by atoms with Crippen molar-refractivity contribution in [1.82, 2.24) is 0 Å². The molecule has 0 spiro atoms. The van der Waals surface area contributed by atoms with Crippen LogP contribution in [0.5, 0.6) is 0 Å². The minimum atomic E-state index is -3.75. The second-order valence-corrected chi connectivity index (χ2v) is 5.61. The van der Waals surface area contributed by atoms with Crippen LogP contribution >= 0.6 is 0 Å². The van der Waals surface area contributed by atoms with E-state index in [2.05, 4.69) is 4.74 Å². The molecule has 1 aliphatic rings. The van der Waals surface area contributed by atoms with Gasteiger partial charge in [-0.15, -0.1) is 0 Å². The third kappa shape index (κ3) is 4.56. The van der Waals surface area contributed by atoms with E-state index in [0.29, 0.717) is 0 Å². The van der Waals surface area contributed by atoms with Gasteiger partial charge in [0.05, 0.1) is 13.4 Å². The molecule has 1 saturated heterocycles. The molecule has 1 fully saturated rings. The first-order valence-electron chi connectivity index (χ1n) is 5.62. The van der Waals surface area contributed by atoms with Gasteiger partial charge >= 0.3 is 6.16 Å². The van der Waals surface area contributed by atoms with Gasteiger partial charge in [-0.05, 0) is 0 Å². The highest BCUT2D eigenvalue weighted by Gasteiger charge is 2.48. The van der Waals surface area contributed by atoms with Crippen molar-refractivity contribution in [2.75, 3.05) is 34.2 Å². The highest BCUT2D eigenvalue weighted by atomic mass is 32.2. The smallest absolute Gasteiger partial charge is 0.438 e. The summed E-state index contributed by atoms with van der Waals surface area (Å²) in [6.07, 6.45) is -3.48. The van der Waals surface area contributed by atoms with Gasteiger partial charge in [0.15, 0.2) is 6.29 Å². The first kappa shape index (κ1) is 17.1. The van der Waals surface area contributed by atoms with E-state index in [0.717, 1.165) is 13.4 Å². The Kier molecular flexibility index (Phi) is 6.14. The fraction of sp³-hybridized carbons (Fsp3) is 0.900. The van der Waals surface area contributed by atoms with Crippen molar-refractivity contribution < 1.29 is 41.1 Å². The number of methoxy groups -OCH3 is 3. The van der Waals surface area contributed by atoms with Crippen LogP contribution in [0.3, 0.4) is 0 Å². The van der Waals surface area contributed by atoms with Crippen molar-refractivity contribution in [1.29, 1.82) is 0 Å². The molecule has 0 aliphatic carbocycles. The summed E-state index contributed by atoms with van der Waals surface area (Å²) in [5.74, 6) is 0. The lowest BCUT2D eigenvalue weighted by Crippen LogP contribution is -2.40. The predicted molar refractivity (Wildman–Crippen MR) is 64.5 cm³/mol. The lowest BCUT2D eigenvalue weighted by molar-refractivity contribution is -0.160. The molecule has 10 heteroatoms. The molecule has 9 nitrogen and oxygen atoms in total. The maximum Gasteiger partial charge on any atom is 0.508 e. The molecule has 1 heterocycles. The molecule has 0 aromatic heterocycles. The highest BCUT2D eigenvalue weighted by molar-refractivity contribution is 7.86. The van der Waals surface area contributed by atoms with Crippen LogP contribution in [0.25, 0.3) is 0 Å². The highest BCUT2D eigenvalue weighted by Crippen LogP contribution is 2.28. The summed E-state index contributed by atoms with van der Waals surface area (Å²) in [6.45, 7) is -0.257. The second kappa shape index (κ2) is 7.18. The molecule has 20 heavy (non-hydrogen) atoms. The summed E-state index contributed by atoms with van der Waals surface area (Å²) in [6, 6.07) is 0. The molecule has 0 saturated carbocycles. The van der Waals surface area contributed by atoms with Crippen LogP contribution in [0.1, 0.15) is 0 Å². The number of rotatable bonds is 6. The van der Waals surface area contributed by atoms with E-state index in [4.69, 9.17) is 23.1 Å². The molecule has 118 valence electrons. The van der Waals surface area contributed by atoms with Crippen molar-refractivity contribution in [3.8, 4) is 0 Å². The van der Waals surface area contributed by atoms with Crippen molar-refractivity contribution in [2.24, 2.45) is 0 Å². The Morgan fingerprint density at radius 1 is 1.15 bits per heavy atom. The Morgan fingerprint density at radius 2 is 1.80 bits per heavy atom. The van der Waals surface area contributed by atoms with E-state index in [1.54, 1.807) is 0 Å². The maximum atomic E-state index is 11.3. The van der Waals surface area contributed by atoms with Crippen LogP contribution in [0.4, 0.5) is 4.79 Å². The molecular weight excluding hydrogens is 296 g/mol. The van der Waals surface area contributed by atoms with Crippen LogP contribution in [-0.4, -0.2) is 73.4 Å². The van der Waals surface area contributed by atoms with Gasteiger partial charge in [-0.1, -0.05) is 0 Å². The average Bonchev–Trinajstić information content (AvgIpc) is 2.70. The number of carbonyl (C=O) groups is 1. The molecule has 0 bridgehead atoms. The monoisotopic (exact) mass is 314 g/mol. The van der Waals surface area contributed by atoms with Crippen molar-refractivity contribution in [3.63, 3.8) is 0 Å². The van der Waals surface area contributed by atoms with Gasteiger partial charge in [0.2, 0.25) is 0 Å². The zero-order chi connectivity index (χ0) is 15.3. The van der Waals surface area contributed by atoms with Gasteiger partial charge in [-0.25, -0.2) is 4.79 Å². The van der Waals surface area contributed by atoms with Crippen molar-refractivity contribution >= 4 is 16.3 Å². The lowest BCUT2D eigenvalue weighted by atomic mass is 10.1. The molecule has 0 aromatic carbocycles. The normalized spacial score (nSPS) is 30.2. The summed E-state index contributed by atoms with van der Waals surface area (Å²) in [5, 5.41) is 0. The van der Waals surface area contributed by atoms with E-state index in [-0.39, 0.29) is 6.61 Å². The number of carbonyl (C=O) groups excluding carboxylic acids is 1. The van der Waals surface area contributed by atoms with E-state index in [9.17, 15) is 13.2 Å². The average molecular weight is 314 g/mol. The van der Waals surface area contributed by atoms with Gasteiger partial charge in [-0.3, -0.25) is 4.18 Å². The SMILES string of the molecule is COC(=O)OC[C@H]1O[C@H](OC)[C@H](OC)[C@H]1OS(C)(=O)=O. The van der Waals surface area contributed by atoms with Gasteiger partial charge < -0.3 is 23.7 Å². The molecule has 0 aromatic rings. The maximum absolute atomic E-state index is 11.3. The van der Waals surface area contributed by atoms with E-state index >= 15 is 0 Å². The summed E-state index contributed by atoms with van der Waals surface area (Å²) < 4.78 is 52.1. The Balaban J connectivity index is 2.80. The molecule has 4 atom stereocenters. The van der Waals surface area contributed by atoms with Crippen LogP contribution in [0, 0.1) is 0 Å². The number of hydrogen-bond acceptors (Lipinski definition) is 9. The first-order chi connectivity index (χ1) is 9.32. The molecule has 0 amide bonds. The standard InChI is InChI=1S/C10H18O9S/c1-14-8-7(19-20(4,12)13)6(18-9(8)15-2)5-17-10(11)16-3/h6-9H,5H2,1-4H3/t6-,7+,8-,9+/m1/s1. The quantitative estimate of drug-likeness (QED) is 0.473. The predicted octanol–water partition coefficient (Wildman–Crippen LogP) is -0.499. The number of hydrogen-bond donors (Lipinski definition) is 0. The third-order valence-electron chi connectivity index (χ3n) is 2.59. The molecular formula is C10H18O9S. The summed E-state index contributed by atoms with van der Waals surface area (Å²) in [7, 11) is 0.141.